The third-order valence-electron chi connectivity index (χ3n) is 4.04. The highest BCUT2D eigenvalue weighted by atomic mass is 35.5. The van der Waals surface area contributed by atoms with Crippen LogP contribution in [0.2, 0.25) is 0 Å². The van der Waals surface area contributed by atoms with E-state index in [1.54, 1.807) is 0 Å². The summed E-state index contributed by atoms with van der Waals surface area (Å²) in [6, 6.07) is 15.5. The second-order valence-corrected chi connectivity index (χ2v) is 5.28. The van der Waals surface area contributed by atoms with Gasteiger partial charge in [-0.3, -0.25) is 0 Å². The smallest absolute Gasteiger partial charge is 0.180 e. The van der Waals surface area contributed by atoms with Gasteiger partial charge in [0.2, 0.25) is 0 Å². The lowest BCUT2D eigenvalue weighted by Crippen LogP contribution is -3.00. The van der Waals surface area contributed by atoms with E-state index in [-0.39, 0.29) is 12.4 Å². The van der Waals surface area contributed by atoms with Crippen LogP contribution in [0.25, 0.3) is 0 Å². The van der Waals surface area contributed by atoms with E-state index in [0.29, 0.717) is 6.04 Å². The van der Waals surface area contributed by atoms with Gasteiger partial charge in [0.25, 0.3) is 0 Å². The number of hydrogen-bond donors (Lipinski definition) is 0. The molecule has 0 saturated carbocycles. The quantitative estimate of drug-likeness (QED) is 0.732. The zero-order valence-corrected chi connectivity index (χ0v) is 12.6. The number of rotatable bonds is 3. The number of hydrogen-bond acceptors (Lipinski definition) is 1. The molecule has 0 bridgehead atoms. The van der Waals surface area contributed by atoms with Crippen molar-refractivity contribution in [1.82, 2.24) is 0 Å². The standard InChI is InChI=1S/C17H21N2.ClH/c1-15(16-7-3-2-4-8-16)18-13-9-17(10-14-18)19-11-5-6-12-19;/h2-4,7-10,13-15H,5-6,11-12H2,1H3;1H/q+1;/p-1. The molecule has 1 aliphatic rings. The van der Waals surface area contributed by atoms with Crippen LogP contribution in [0.3, 0.4) is 0 Å². The number of pyridine rings is 1. The fraction of sp³-hybridized carbons (Fsp3) is 0.353. The van der Waals surface area contributed by atoms with Gasteiger partial charge in [-0.15, -0.1) is 0 Å². The summed E-state index contributed by atoms with van der Waals surface area (Å²) in [6.45, 7) is 4.65. The molecule has 0 aliphatic carbocycles. The second kappa shape index (κ2) is 6.76. The summed E-state index contributed by atoms with van der Waals surface area (Å²) in [6.07, 6.45) is 7.06. The van der Waals surface area contributed by atoms with Crippen molar-refractivity contribution < 1.29 is 17.0 Å². The van der Waals surface area contributed by atoms with Crippen LogP contribution in [0.1, 0.15) is 31.4 Å². The van der Waals surface area contributed by atoms with Crippen LogP contribution in [0, 0.1) is 0 Å². The molecule has 3 rings (SSSR count). The predicted octanol–water partition coefficient (Wildman–Crippen LogP) is 0.188. The molecule has 0 N–H and O–H groups in total. The molecule has 1 saturated heterocycles. The van der Waals surface area contributed by atoms with Gasteiger partial charge in [0, 0.05) is 43.4 Å². The highest BCUT2D eigenvalue weighted by Gasteiger charge is 2.17. The van der Waals surface area contributed by atoms with Gasteiger partial charge in [0.15, 0.2) is 18.4 Å². The van der Waals surface area contributed by atoms with E-state index in [1.165, 1.54) is 37.2 Å². The van der Waals surface area contributed by atoms with Crippen molar-refractivity contribution in [1.29, 1.82) is 0 Å². The third kappa shape index (κ3) is 3.13. The first kappa shape index (κ1) is 14.9. The monoisotopic (exact) mass is 288 g/mol. The van der Waals surface area contributed by atoms with Crippen LogP contribution in [0.15, 0.2) is 54.9 Å². The van der Waals surface area contributed by atoms with Crippen molar-refractivity contribution in [3.05, 3.63) is 60.4 Å². The minimum atomic E-state index is 0. The van der Waals surface area contributed by atoms with Crippen molar-refractivity contribution >= 4 is 5.69 Å². The van der Waals surface area contributed by atoms with Gasteiger partial charge in [-0.1, -0.05) is 30.3 Å². The Bertz CT molecular complexity index is 518. The van der Waals surface area contributed by atoms with E-state index in [4.69, 9.17) is 0 Å². The largest absolute Gasteiger partial charge is 1.00 e. The molecule has 3 heteroatoms. The van der Waals surface area contributed by atoms with Crippen LogP contribution in [0.5, 0.6) is 0 Å². The topological polar surface area (TPSA) is 7.12 Å². The molecular formula is C17H21ClN2. The molecule has 0 amide bonds. The third-order valence-corrected chi connectivity index (χ3v) is 4.04. The van der Waals surface area contributed by atoms with Crippen LogP contribution in [0.4, 0.5) is 5.69 Å². The average Bonchev–Trinajstić information content (AvgIpc) is 3.02. The first-order valence-corrected chi connectivity index (χ1v) is 7.15. The molecule has 106 valence electrons. The first-order valence-electron chi connectivity index (χ1n) is 7.15. The summed E-state index contributed by atoms with van der Waals surface area (Å²) in [7, 11) is 0. The van der Waals surface area contributed by atoms with E-state index in [0.717, 1.165) is 0 Å². The summed E-state index contributed by atoms with van der Waals surface area (Å²) >= 11 is 0. The fourth-order valence-corrected chi connectivity index (χ4v) is 2.78. The maximum Gasteiger partial charge on any atom is 0.180 e. The highest BCUT2D eigenvalue weighted by molar-refractivity contribution is 5.44. The number of anilines is 1. The normalized spacial score (nSPS) is 15.8. The molecule has 1 fully saturated rings. The summed E-state index contributed by atoms with van der Waals surface area (Å²) < 4.78 is 2.27. The first-order chi connectivity index (χ1) is 9.34. The van der Waals surface area contributed by atoms with Crippen LogP contribution < -0.4 is 21.9 Å². The van der Waals surface area contributed by atoms with Crippen molar-refractivity contribution in [2.45, 2.75) is 25.8 Å². The van der Waals surface area contributed by atoms with Gasteiger partial charge < -0.3 is 17.3 Å². The Morgan fingerprint density at radius 1 is 0.950 bits per heavy atom. The molecule has 20 heavy (non-hydrogen) atoms. The van der Waals surface area contributed by atoms with E-state index in [2.05, 4.69) is 71.2 Å². The van der Waals surface area contributed by atoms with Crippen molar-refractivity contribution in [2.75, 3.05) is 18.0 Å². The zero-order valence-electron chi connectivity index (χ0n) is 11.9. The molecule has 1 unspecified atom stereocenters. The van der Waals surface area contributed by atoms with Gasteiger partial charge in [0.1, 0.15) is 0 Å². The van der Waals surface area contributed by atoms with Gasteiger partial charge in [0.05, 0.1) is 0 Å². The van der Waals surface area contributed by atoms with E-state index in [1.807, 2.05) is 0 Å². The molecule has 1 aromatic carbocycles. The van der Waals surface area contributed by atoms with Gasteiger partial charge >= 0.3 is 0 Å². The Balaban J connectivity index is 0.00000147. The number of aromatic nitrogens is 1. The molecule has 0 radical (unpaired) electrons. The molecule has 1 aliphatic heterocycles. The van der Waals surface area contributed by atoms with Crippen molar-refractivity contribution in [2.24, 2.45) is 0 Å². The Hall–Kier alpha value is -1.54. The van der Waals surface area contributed by atoms with Crippen molar-refractivity contribution in [3.63, 3.8) is 0 Å². The lowest BCUT2D eigenvalue weighted by molar-refractivity contribution is -0.710. The summed E-state index contributed by atoms with van der Waals surface area (Å²) in [5, 5.41) is 0. The summed E-state index contributed by atoms with van der Waals surface area (Å²) in [5.41, 5.74) is 2.70. The Kier molecular flexibility index (Phi) is 5.02. The Labute approximate surface area is 127 Å². The van der Waals surface area contributed by atoms with Gasteiger partial charge in [-0.05, 0) is 12.8 Å². The number of benzene rings is 1. The fourth-order valence-electron chi connectivity index (χ4n) is 2.78. The van der Waals surface area contributed by atoms with E-state index < -0.39 is 0 Å². The molecule has 2 heterocycles. The maximum absolute atomic E-state index is 2.47. The molecule has 0 spiro atoms. The molecule has 1 aromatic heterocycles. The molecule has 1 atom stereocenters. The lowest BCUT2D eigenvalue weighted by Gasteiger charge is -2.17. The number of nitrogens with zero attached hydrogens (tertiary/aromatic N) is 2. The van der Waals surface area contributed by atoms with E-state index >= 15 is 0 Å². The Morgan fingerprint density at radius 2 is 1.55 bits per heavy atom. The molecule has 2 aromatic rings. The van der Waals surface area contributed by atoms with Crippen LogP contribution in [-0.4, -0.2) is 13.1 Å². The van der Waals surface area contributed by atoms with Crippen LogP contribution >= 0.6 is 0 Å². The number of halogens is 1. The average molecular weight is 289 g/mol. The minimum absolute atomic E-state index is 0. The van der Waals surface area contributed by atoms with Crippen molar-refractivity contribution in [3.8, 4) is 0 Å². The Morgan fingerprint density at radius 3 is 2.15 bits per heavy atom. The zero-order chi connectivity index (χ0) is 13.1. The van der Waals surface area contributed by atoms with Gasteiger partial charge in [-0.25, -0.2) is 0 Å². The van der Waals surface area contributed by atoms with Crippen LogP contribution in [-0.2, 0) is 0 Å². The lowest BCUT2D eigenvalue weighted by atomic mass is 10.1. The SMILES string of the molecule is CC(c1ccccc1)[n+]1ccc(N2CCCC2)cc1.[Cl-]. The predicted molar refractivity (Wildman–Crippen MR) is 78.3 cm³/mol. The molecular weight excluding hydrogens is 268 g/mol. The van der Waals surface area contributed by atoms with E-state index in [9.17, 15) is 0 Å². The summed E-state index contributed by atoms with van der Waals surface area (Å²) in [5.74, 6) is 0. The summed E-state index contributed by atoms with van der Waals surface area (Å²) in [4.78, 5) is 2.47. The minimum Gasteiger partial charge on any atom is -1.00 e. The maximum atomic E-state index is 2.47. The van der Waals surface area contributed by atoms with Gasteiger partial charge in [-0.2, -0.15) is 4.57 Å². The second-order valence-electron chi connectivity index (χ2n) is 5.28. The highest BCUT2D eigenvalue weighted by Crippen LogP contribution is 2.19. The molecule has 2 nitrogen and oxygen atoms in total.